The molecule has 3 unspecified atom stereocenters. The number of nitrogens with zero attached hydrogens (tertiary/aromatic N) is 1. The Morgan fingerprint density at radius 2 is 1.65 bits per heavy atom. The second-order valence-corrected chi connectivity index (χ2v) is 11.7. The summed E-state index contributed by atoms with van der Waals surface area (Å²) in [6, 6.07) is 9.47. The third kappa shape index (κ3) is 10.9. The van der Waals surface area contributed by atoms with Crippen LogP contribution in [0.15, 0.2) is 42.5 Å². The molecular weight excluding hydrogens is 550 g/mol. The van der Waals surface area contributed by atoms with Gasteiger partial charge in [-0.25, -0.2) is 4.79 Å². The Kier molecular flexibility index (Phi) is 13.0. The molecule has 0 heterocycles. The summed E-state index contributed by atoms with van der Waals surface area (Å²) in [7, 11) is 0. The van der Waals surface area contributed by atoms with E-state index < -0.39 is 47.6 Å². The van der Waals surface area contributed by atoms with Crippen LogP contribution in [0.1, 0.15) is 82.7 Å². The van der Waals surface area contributed by atoms with Crippen molar-refractivity contribution >= 4 is 23.9 Å². The zero-order valence-corrected chi connectivity index (χ0v) is 26.7. The van der Waals surface area contributed by atoms with Crippen molar-refractivity contribution in [2.24, 2.45) is 0 Å². The van der Waals surface area contributed by atoms with Gasteiger partial charge in [-0.3, -0.25) is 14.4 Å². The van der Waals surface area contributed by atoms with Gasteiger partial charge in [0, 0.05) is 19.0 Å². The minimum absolute atomic E-state index is 0.0138. The lowest BCUT2D eigenvalue weighted by atomic mass is 9.94. The Balaban J connectivity index is 2.58. The molecule has 0 aliphatic rings. The minimum Gasteiger partial charge on any atom is -0.508 e. The molecule has 10 heteroatoms. The smallest absolute Gasteiger partial charge is 0.408 e. The SMILES string of the molecule is CCOC(=O)CCNC(=O)C(c1ccc(C)cc1C)N(C(=O)C(Cc1ccc(O)cc1)NC(=O)OC(C)(C)C)C(C)CC. The van der Waals surface area contributed by atoms with Crippen molar-refractivity contribution < 1.29 is 33.8 Å². The van der Waals surface area contributed by atoms with Crippen LogP contribution in [0.3, 0.4) is 0 Å². The summed E-state index contributed by atoms with van der Waals surface area (Å²) in [5.41, 5.74) is 2.35. The summed E-state index contributed by atoms with van der Waals surface area (Å²) < 4.78 is 10.5. The van der Waals surface area contributed by atoms with E-state index in [9.17, 15) is 24.3 Å². The first-order valence-electron chi connectivity index (χ1n) is 14.8. The van der Waals surface area contributed by atoms with Crippen LogP contribution in [0.5, 0.6) is 5.75 Å². The van der Waals surface area contributed by atoms with E-state index in [4.69, 9.17) is 9.47 Å². The first-order chi connectivity index (χ1) is 20.2. The van der Waals surface area contributed by atoms with Crippen molar-refractivity contribution in [3.63, 3.8) is 0 Å². The number of aromatic hydroxyl groups is 1. The molecule has 236 valence electrons. The van der Waals surface area contributed by atoms with Crippen LogP contribution in [0, 0.1) is 13.8 Å². The Bertz CT molecular complexity index is 1250. The molecule has 0 aromatic heterocycles. The van der Waals surface area contributed by atoms with Crippen LogP contribution < -0.4 is 10.6 Å². The molecule has 0 saturated carbocycles. The maximum Gasteiger partial charge on any atom is 0.408 e. The summed E-state index contributed by atoms with van der Waals surface area (Å²) in [5, 5.41) is 15.3. The molecule has 43 heavy (non-hydrogen) atoms. The monoisotopic (exact) mass is 597 g/mol. The van der Waals surface area contributed by atoms with Crippen LogP contribution in [-0.2, 0) is 30.3 Å². The van der Waals surface area contributed by atoms with Crippen LogP contribution in [0.2, 0.25) is 0 Å². The number of nitrogens with one attached hydrogen (secondary N) is 2. The number of aryl methyl sites for hydroxylation is 2. The predicted molar refractivity (Wildman–Crippen MR) is 164 cm³/mol. The van der Waals surface area contributed by atoms with Gasteiger partial charge in [-0.05, 0) is 83.7 Å². The van der Waals surface area contributed by atoms with Gasteiger partial charge in [0.25, 0.3) is 0 Å². The molecule has 0 aliphatic carbocycles. The number of ether oxygens (including phenoxy) is 2. The Hall–Kier alpha value is -4.08. The lowest BCUT2D eigenvalue weighted by molar-refractivity contribution is -0.146. The average Bonchev–Trinajstić information content (AvgIpc) is 2.91. The van der Waals surface area contributed by atoms with Gasteiger partial charge in [0.15, 0.2) is 0 Å². The molecule has 3 N–H and O–H groups in total. The van der Waals surface area contributed by atoms with E-state index in [-0.39, 0.29) is 31.7 Å². The van der Waals surface area contributed by atoms with Gasteiger partial charge in [0.2, 0.25) is 11.8 Å². The number of hydrogen-bond donors (Lipinski definition) is 3. The lowest BCUT2D eigenvalue weighted by Gasteiger charge is -2.39. The molecule has 0 saturated heterocycles. The van der Waals surface area contributed by atoms with Gasteiger partial charge in [-0.1, -0.05) is 42.8 Å². The molecule has 0 fully saturated rings. The molecule has 0 radical (unpaired) electrons. The van der Waals surface area contributed by atoms with Crippen LogP contribution >= 0.6 is 0 Å². The molecule has 2 aromatic rings. The molecule has 2 rings (SSSR count). The first kappa shape index (κ1) is 35.1. The number of amides is 3. The fraction of sp³-hybridized carbons (Fsp3) is 0.515. The van der Waals surface area contributed by atoms with Gasteiger partial charge in [-0.15, -0.1) is 0 Å². The Labute approximate surface area is 255 Å². The normalized spacial score (nSPS) is 13.3. The fourth-order valence-electron chi connectivity index (χ4n) is 4.66. The molecule has 2 aromatic carbocycles. The lowest BCUT2D eigenvalue weighted by Crippen LogP contribution is -2.56. The summed E-state index contributed by atoms with van der Waals surface area (Å²) >= 11 is 0. The molecule has 0 spiro atoms. The number of alkyl carbamates (subject to hydrolysis) is 1. The first-order valence-corrected chi connectivity index (χ1v) is 14.8. The minimum atomic E-state index is -1.09. The van der Waals surface area contributed by atoms with E-state index in [2.05, 4.69) is 10.6 Å². The maximum absolute atomic E-state index is 14.5. The highest BCUT2D eigenvalue weighted by atomic mass is 16.6. The van der Waals surface area contributed by atoms with E-state index in [1.165, 1.54) is 17.0 Å². The second kappa shape index (κ2) is 16.0. The topological polar surface area (TPSA) is 134 Å². The van der Waals surface area contributed by atoms with Gasteiger partial charge in [0.05, 0.1) is 13.0 Å². The largest absolute Gasteiger partial charge is 0.508 e. The van der Waals surface area contributed by atoms with Crippen LogP contribution in [0.25, 0.3) is 0 Å². The number of carbonyl (C=O) groups excluding carboxylic acids is 4. The number of rotatable bonds is 13. The molecule has 0 aliphatic heterocycles. The third-order valence-electron chi connectivity index (χ3n) is 6.87. The number of phenolic OH excluding ortho intramolecular Hbond substituents is 1. The van der Waals surface area contributed by atoms with E-state index >= 15 is 0 Å². The summed E-state index contributed by atoms with van der Waals surface area (Å²) in [4.78, 5) is 54.8. The number of benzene rings is 2. The number of carbonyl (C=O) groups is 4. The fourth-order valence-corrected chi connectivity index (χ4v) is 4.66. The van der Waals surface area contributed by atoms with Crippen LogP contribution in [-0.4, -0.2) is 64.7 Å². The van der Waals surface area contributed by atoms with E-state index in [0.717, 1.165) is 11.1 Å². The highest BCUT2D eigenvalue weighted by molar-refractivity contribution is 5.93. The van der Waals surface area contributed by atoms with Gasteiger partial charge >= 0.3 is 12.1 Å². The average molecular weight is 598 g/mol. The molecule has 0 bridgehead atoms. The molecule has 3 atom stereocenters. The third-order valence-corrected chi connectivity index (χ3v) is 6.87. The molecule has 10 nitrogen and oxygen atoms in total. The zero-order chi connectivity index (χ0) is 32.3. The van der Waals surface area contributed by atoms with E-state index in [1.54, 1.807) is 39.8 Å². The highest BCUT2D eigenvalue weighted by Crippen LogP contribution is 2.29. The summed E-state index contributed by atoms with van der Waals surface area (Å²) in [5.74, 6) is -1.29. The molecular formula is C33H47N3O7. The van der Waals surface area contributed by atoms with Crippen molar-refractivity contribution in [2.75, 3.05) is 13.2 Å². The van der Waals surface area contributed by atoms with E-state index in [0.29, 0.717) is 17.5 Å². The van der Waals surface area contributed by atoms with Gasteiger partial charge in [-0.2, -0.15) is 0 Å². The number of esters is 1. The Morgan fingerprint density at radius 3 is 2.21 bits per heavy atom. The van der Waals surface area contributed by atoms with Crippen molar-refractivity contribution in [1.29, 1.82) is 0 Å². The van der Waals surface area contributed by atoms with Crippen LogP contribution in [0.4, 0.5) is 4.79 Å². The number of phenols is 1. The molecule has 3 amide bonds. The Morgan fingerprint density at radius 1 is 1.00 bits per heavy atom. The van der Waals surface area contributed by atoms with Crippen molar-refractivity contribution in [3.05, 3.63) is 64.7 Å². The van der Waals surface area contributed by atoms with Crippen molar-refractivity contribution in [2.45, 2.75) is 98.4 Å². The maximum atomic E-state index is 14.5. The quantitative estimate of drug-likeness (QED) is 0.280. The zero-order valence-electron chi connectivity index (χ0n) is 26.7. The van der Waals surface area contributed by atoms with E-state index in [1.807, 2.05) is 45.9 Å². The number of hydrogen-bond acceptors (Lipinski definition) is 7. The predicted octanol–water partition coefficient (Wildman–Crippen LogP) is 4.88. The van der Waals surface area contributed by atoms with Gasteiger partial charge in [0.1, 0.15) is 23.4 Å². The van der Waals surface area contributed by atoms with Crippen molar-refractivity contribution in [1.82, 2.24) is 15.5 Å². The summed E-state index contributed by atoms with van der Waals surface area (Å²) in [6.07, 6.45) is -0.160. The standard InChI is InChI=1S/C33H47N3O7/c1-9-23(5)36(29(26-16-11-21(3)19-22(26)4)30(39)34-18-17-28(38)42-10-2)31(40)27(35-32(41)43-33(6,7)8)20-24-12-14-25(37)15-13-24/h11-16,19,23,27,29,37H,9-10,17-18,20H2,1-8H3,(H,34,39)(H,35,41). The van der Waals surface area contributed by atoms with Crippen molar-refractivity contribution in [3.8, 4) is 5.75 Å². The summed E-state index contributed by atoms with van der Waals surface area (Å²) in [6.45, 7) is 14.8. The second-order valence-electron chi connectivity index (χ2n) is 11.7. The van der Waals surface area contributed by atoms with Gasteiger partial charge < -0.3 is 30.1 Å². The highest BCUT2D eigenvalue weighted by Gasteiger charge is 2.39.